The van der Waals surface area contributed by atoms with Crippen molar-refractivity contribution >= 4 is 0 Å². The fourth-order valence-electron chi connectivity index (χ4n) is 1.87. The lowest BCUT2D eigenvalue weighted by Gasteiger charge is -2.18. The number of hydrogen-bond donors (Lipinski definition) is 1. The maximum atomic E-state index is 4.62. The van der Waals surface area contributed by atoms with E-state index in [-0.39, 0.29) is 5.41 Å². The zero-order valence-corrected chi connectivity index (χ0v) is 12.0. The molecule has 1 rings (SSSR count). The Morgan fingerprint density at radius 3 is 2.00 bits per heavy atom. The topological polar surface area (TPSA) is 37.8 Å². The molecule has 0 aliphatic carbocycles. The first-order valence-electron chi connectivity index (χ1n) is 6.37. The summed E-state index contributed by atoms with van der Waals surface area (Å²) in [5, 5.41) is 3.33. The highest BCUT2D eigenvalue weighted by molar-refractivity contribution is 5.24. The standard InChI is InChI=1S/C14H25N3/c1-7-15-9-12-10(2)16-13(17-11(12)3)8-14(4,5)6/h15H,7-9H2,1-6H3. The second-order valence-corrected chi connectivity index (χ2v) is 5.81. The van der Waals surface area contributed by atoms with E-state index in [1.807, 2.05) is 0 Å². The zero-order valence-electron chi connectivity index (χ0n) is 12.0. The van der Waals surface area contributed by atoms with Crippen LogP contribution >= 0.6 is 0 Å². The highest BCUT2D eigenvalue weighted by Gasteiger charge is 2.15. The van der Waals surface area contributed by atoms with Gasteiger partial charge in [-0.3, -0.25) is 0 Å². The normalized spacial score (nSPS) is 11.9. The minimum atomic E-state index is 0.238. The zero-order chi connectivity index (χ0) is 13.1. The van der Waals surface area contributed by atoms with Crippen LogP contribution in [0.5, 0.6) is 0 Å². The fraction of sp³-hybridized carbons (Fsp3) is 0.714. The lowest BCUT2D eigenvalue weighted by Crippen LogP contribution is -2.18. The second kappa shape index (κ2) is 5.58. The van der Waals surface area contributed by atoms with Gasteiger partial charge in [0.15, 0.2) is 0 Å². The van der Waals surface area contributed by atoms with Crippen molar-refractivity contribution in [1.29, 1.82) is 0 Å². The van der Waals surface area contributed by atoms with Gasteiger partial charge in [0.2, 0.25) is 0 Å². The van der Waals surface area contributed by atoms with Gasteiger partial charge in [0.1, 0.15) is 5.82 Å². The molecule has 17 heavy (non-hydrogen) atoms. The number of nitrogens with one attached hydrogen (secondary N) is 1. The van der Waals surface area contributed by atoms with Crippen molar-refractivity contribution < 1.29 is 0 Å². The van der Waals surface area contributed by atoms with Gasteiger partial charge in [-0.1, -0.05) is 27.7 Å². The molecule has 0 unspecified atom stereocenters. The largest absolute Gasteiger partial charge is 0.313 e. The molecule has 0 bridgehead atoms. The second-order valence-electron chi connectivity index (χ2n) is 5.81. The Balaban J connectivity index is 2.93. The first-order chi connectivity index (χ1) is 7.83. The molecule has 96 valence electrons. The van der Waals surface area contributed by atoms with Gasteiger partial charge < -0.3 is 5.32 Å². The molecule has 0 aliphatic rings. The molecule has 0 atom stereocenters. The van der Waals surface area contributed by atoms with Crippen molar-refractivity contribution in [3.8, 4) is 0 Å². The summed E-state index contributed by atoms with van der Waals surface area (Å²) in [6, 6.07) is 0. The quantitative estimate of drug-likeness (QED) is 0.872. The van der Waals surface area contributed by atoms with Gasteiger partial charge in [0.25, 0.3) is 0 Å². The Labute approximate surface area is 105 Å². The van der Waals surface area contributed by atoms with Gasteiger partial charge in [-0.05, 0) is 25.8 Å². The smallest absolute Gasteiger partial charge is 0.129 e. The summed E-state index contributed by atoms with van der Waals surface area (Å²) in [6.45, 7) is 14.8. The molecule has 3 heteroatoms. The minimum Gasteiger partial charge on any atom is -0.313 e. The monoisotopic (exact) mass is 235 g/mol. The van der Waals surface area contributed by atoms with E-state index in [2.05, 4.69) is 56.8 Å². The molecule has 1 aromatic rings. The third kappa shape index (κ3) is 4.43. The predicted octanol–water partition coefficient (Wildman–Crippen LogP) is 2.79. The number of aryl methyl sites for hydroxylation is 2. The lowest BCUT2D eigenvalue weighted by molar-refractivity contribution is 0.399. The summed E-state index contributed by atoms with van der Waals surface area (Å²) in [6.07, 6.45) is 0.927. The van der Waals surface area contributed by atoms with E-state index < -0.39 is 0 Å². The fourth-order valence-corrected chi connectivity index (χ4v) is 1.87. The average molecular weight is 235 g/mol. The molecule has 1 heterocycles. The highest BCUT2D eigenvalue weighted by Crippen LogP contribution is 2.20. The van der Waals surface area contributed by atoms with Crippen LogP contribution in [0.2, 0.25) is 0 Å². The van der Waals surface area contributed by atoms with Crippen LogP contribution in [0, 0.1) is 19.3 Å². The summed E-state index contributed by atoms with van der Waals surface area (Å²) in [7, 11) is 0. The maximum absolute atomic E-state index is 4.62. The Morgan fingerprint density at radius 2 is 1.59 bits per heavy atom. The summed E-state index contributed by atoms with van der Waals surface area (Å²) in [4.78, 5) is 9.24. The van der Waals surface area contributed by atoms with Crippen molar-refractivity contribution in [2.45, 2.75) is 54.5 Å². The van der Waals surface area contributed by atoms with Crippen molar-refractivity contribution in [3.05, 3.63) is 22.8 Å². The van der Waals surface area contributed by atoms with Gasteiger partial charge in [-0.25, -0.2) is 9.97 Å². The van der Waals surface area contributed by atoms with Crippen molar-refractivity contribution in [2.24, 2.45) is 5.41 Å². The first kappa shape index (κ1) is 14.1. The summed E-state index contributed by atoms with van der Waals surface area (Å²) in [5.41, 5.74) is 3.70. The molecule has 0 radical (unpaired) electrons. The van der Waals surface area contributed by atoms with Gasteiger partial charge in [0, 0.05) is 29.9 Å². The van der Waals surface area contributed by atoms with Crippen molar-refractivity contribution in [1.82, 2.24) is 15.3 Å². The SMILES string of the molecule is CCNCc1c(C)nc(CC(C)(C)C)nc1C. The summed E-state index contributed by atoms with van der Waals surface area (Å²) < 4.78 is 0. The van der Waals surface area contributed by atoms with Crippen molar-refractivity contribution in [3.63, 3.8) is 0 Å². The molecule has 0 saturated carbocycles. The van der Waals surface area contributed by atoms with Crippen molar-refractivity contribution in [2.75, 3.05) is 6.54 Å². The number of rotatable bonds is 4. The van der Waals surface area contributed by atoms with E-state index in [1.54, 1.807) is 0 Å². The van der Waals surface area contributed by atoms with E-state index in [0.29, 0.717) is 0 Å². The molecule has 0 spiro atoms. The maximum Gasteiger partial charge on any atom is 0.129 e. The molecule has 0 amide bonds. The molecule has 0 aliphatic heterocycles. The average Bonchev–Trinajstić information content (AvgIpc) is 2.13. The Hall–Kier alpha value is -0.960. The van der Waals surface area contributed by atoms with Gasteiger partial charge in [0.05, 0.1) is 0 Å². The van der Waals surface area contributed by atoms with E-state index >= 15 is 0 Å². The van der Waals surface area contributed by atoms with E-state index in [9.17, 15) is 0 Å². The van der Waals surface area contributed by atoms with Gasteiger partial charge in [-0.15, -0.1) is 0 Å². The minimum absolute atomic E-state index is 0.238. The third-order valence-corrected chi connectivity index (χ3v) is 2.71. The van der Waals surface area contributed by atoms with Gasteiger partial charge >= 0.3 is 0 Å². The molecular weight excluding hydrogens is 210 g/mol. The first-order valence-corrected chi connectivity index (χ1v) is 6.37. The number of hydrogen-bond acceptors (Lipinski definition) is 3. The van der Waals surface area contributed by atoms with E-state index in [1.165, 1.54) is 5.56 Å². The molecule has 0 fully saturated rings. The predicted molar refractivity (Wildman–Crippen MR) is 72.0 cm³/mol. The van der Waals surface area contributed by atoms with E-state index in [0.717, 1.165) is 36.7 Å². The molecular formula is C14H25N3. The Bertz CT molecular complexity index is 355. The van der Waals surface area contributed by atoms with Crippen LogP contribution in [0.4, 0.5) is 0 Å². The molecule has 0 aromatic carbocycles. The summed E-state index contributed by atoms with van der Waals surface area (Å²) in [5.74, 6) is 0.966. The van der Waals surface area contributed by atoms with Gasteiger partial charge in [-0.2, -0.15) is 0 Å². The molecule has 1 N–H and O–H groups in total. The Morgan fingerprint density at radius 1 is 1.06 bits per heavy atom. The third-order valence-electron chi connectivity index (χ3n) is 2.71. The number of aromatic nitrogens is 2. The van der Waals surface area contributed by atoms with Crippen LogP contribution in [0.25, 0.3) is 0 Å². The summed E-state index contributed by atoms with van der Waals surface area (Å²) >= 11 is 0. The molecule has 1 aromatic heterocycles. The van der Waals surface area contributed by atoms with Crippen LogP contribution < -0.4 is 5.32 Å². The van der Waals surface area contributed by atoms with E-state index in [4.69, 9.17) is 0 Å². The van der Waals surface area contributed by atoms with Crippen LogP contribution in [0.3, 0.4) is 0 Å². The highest BCUT2D eigenvalue weighted by atomic mass is 14.9. The lowest BCUT2D eigenvalue weighted by atomic mass is 9.92. The Kier molecular flexibility index (Phi) is 4.63. The van der Waals surface area contributed by atoms with Crippen LogP contribution in [-0.2, 0) is 13.0 Å². The van der Waals surface area contributed by atoms with Crippen LogP contribution in [0.1, 0.15) is 50.5 Å². The molecule has 3 nitrogen and oxygen atoms in total. The van der Waals surface area contributed by atoms with Crippen LogP contribution in [-0.4, -0.2) is 16.5 Å². The number of nitrogens with zero attached hydrogens (tertiary/aromatic N) is 2. The van der Waals surface area contributed by atoms with Crippen LogP contribution in [0.15, 0.2) is 0 Å². The molecule has 0 saturated heterocycles.